The summed E-state index contributed by atoms with van der Waals surface area (Å²) in [5.74, 6) is 1.91. The second kappa shape index (κ2) is 8.59. The number of nitrogens with zero attached hydrogens (tertiary/aromatic N) is 3. The normalized spacial score (nSPS) is 13.4. The molecule has 1 aliphatic rings. The quantitative estimate of drug-likeness (QED) is 0.395. The van der Waals surface area contributed by atoms with Crippen LogP contribution in [0, 0.1) is 5.92 Å². The van der Waals surface area contributed by atoms with Gasteiger partial charge in [0.05, 0.1) is 5.56 Å². The van der Waals surface area contributed by atoms with Gasteiger partial charge in [0.25, 0.3) is 11.3 Å². The Morgan fingerprint density at radius 3 is 2.62 bits per heavy atom. The number of ether oxygens (including phenoxy) is 1. The molecule has 8 heteroatoms. The van der Waals surface area contributed by atoms with Crippen LogP contribution in [0.15, 0.2) is 59.4 Å². The number of carbonyl (C=O) groups is 1. The minimum Gasteiger partial charge on any atom is -0.486 e. The van der Waals surface area contributed by atoms with Crippen molar-refractivity contribution in [2.45, 2.75) is 32.3 Å². The molecular weight excluding hydrogens is 428 g/mol. The Bertz CT molecular complexity index is 1340. The maximum Gasteiger partial charge on any atom is 0.293 e. The number of ketones is 1. The van der Waals surface area contributed by atoms with E-state index in [0.29, 0.717) is 29.5 Å². The van der Waals surface area contributed by atoms with E-state index in [4.69, 9.17) is 16.3 Å². The zero-order chi connectivity index (χ0) is 22.1. The van der Waals surface area contributed by atoms with E-state index in [2.05, 4.69) is 15.1 Å². The first kappa shape index (κ1) is 20.5. The summed E-state index contributed by atoms with van der Waals surface area (Å²) in [7, 11) is 0. The lowest BCUT2D eigenvalue weighted by Gasteiger charge is -2.11. The number of hydrogen-bond donors (Lipinski definition) is 1. The average Bonchev–Trinajstić information content (AvgIpc) is 3.56. The highest BCUT2D eigenvalue weighted by molar-refractivity contribution is 6.31. The summed E-state index contributed by atoms with van der Waals surface area (Å²) in [6, 6.07) is 16.6. The summed E-state index contributed by atoms with van der Waals surface area (Å²) in [6.45, 7) is -0.0506. The number of aromatic nitrogens is 4. The van der Waals surface area contributed by atoms with Gasteiger partial charge in [0.15, 0.2) is 11.6 Å². The van der Waals surface area contributed by atoms with Crippen molar-refractivity contribution in [1.29, 1.82) is 0 Å². The molecule has 0 unspecified atom stereocenters. The molecule has 0 radical (unpaired) electrons. The summed E-state index contributed by atoms with van der Waals surface area (Å²) in [6.07, 6.45) is 3.85. The van der Waals surface area contributed by atoms with Crippen molar-refractivity contribution in [3.63, 3.8) is 0 Å². The zero-order valence-electron chi connectivity index (χ0n) is 17.3. The molecule has 0 bridgehead atoms. The third-order valence-corrected chi connectivity index (χ3v) is 5.96. The van der Waals surface area contributed by atoms with Gasteiger partial charge in [-0.15, -0.1) is 0 Å². The lowest BCUT2D eigenvalue weighted by atomic mass is 10.0. The van der Waals surface area contributed by atoms with Crippen molar-refractivity contribution in [1.82, 2.24) is 19.6 Å². The van der Waals surface area contributed by atoms with Gasteiger partial charge in [-0.1, -0.05) is 66.9 Å². The van der Waals surface area contributed by atoms with Gasteiger partial charge in [0.1, 0.15) is 23.1 Å². The van der Waals surface area contributed by atoms with Crippen LogP contribution in [0.25, 0.3) is 17.2 Å². The Labute approximate surface area is 189 Å². The molecule has 1 fully saturated rings. The Hall–Kier alpha value is -3.45. The molecule has 5 rings (SSSR count). The van der Waals surface area contributed by atoms with Gasteiger partial charge in [-0.3, -0.25) is 14.7 Å². The number of benzene rings is 2. The zero-order valence-corrected chi connectivity index (χ0v) is 18.0. The Balaban J connectivity index is 1.39. The molecule has 0 amide bonds. The molecule has 2 aromatic heterocycles. The molecule has 1 saturated carbocycles. The van der Waals surface area contributed by atoms with Gasteiger partial charge in [-0.2, -0.15) is 9.50 Å². The second-order valence-electron chi connectivity index (χ2n) is 7.94. The van der Waals surface area contributed by atoms with Crippen molar-refractivity contribution < 1.29 is 9.53 Å². The predicted molar refractivity (Wildman–Crippen MR) is 121 cm³/mol. The first-order chi connectivity index (χ1) is 15.6. The van der Waals surface area contributed by atoms with E-state index < -0.39 is 5.56 Å². The molecule has 0 aliphatic heterocycles. The van der Waals surface area contributed by atoms with Crippen molar-refractivity contribution >= 4 is 23.2 Å². The summed E-state index contributed by atoms with van der Waals surface area (Å²) in [5.41, 5.74) is 1.17. The predicted octanol–water partition coefficient (Wildman–Crippen LogP) is 4.69. The van der Waals surface area contributed by atoms with Crippen LogP contribution in [0.1, 0.15) is 41.7 Å². The average molecular weight is 449 g/mol. The van der Waals surface area contributed by atoms with E-state index in [1.807, 2.05) is 36.4 Å². The Morgan fingerprint density at radius 2 is 1.84 bits per heavy atom. The Kier molecular flexibility index (Phi) is 5.49. The van der Waals surface area contributed by atoms with E-state index >= 15 is 0 Å². The highest BCUT2D eigenvalue weighted by atomic mass is 35.5. The molecule has 1 N–H and O–H groups in total. The molecule has 0 atom stereocenters. The number of rotatable bonds is 8. The van der Waals surface area contributed by atoms with Crippen LogP contribution in [0.3, 0.4) is 0 Å². The van der Waals surface area contributed by atoms with Gasteiger partial charge >= 0.3 is 0 Å². The smallest absolute Gasteiger partial charge is 0.293 e. The number of fused-ring (bicyclic) bond motifs is 1. The number of H-pyrrole nitrogens is 1. The molecule has 7 nitrogen and oxygen atoms in total. The number of hydrogen-bond acceptors (Lipinski definition) is 5. The van der Waals surface area contributed by atoms with E-state index in [0.717, 1.165) is 12.0 Å². The molecular formula is C24H21ClN4O3. The minimum atomic E-state index is -0.459. The largest absolute Gasteiger partial charge is 0.486 e. The number of nitrogens with one attached hydrogen (secondary N) is 1. The van der Waals surface area contributed by atoms with Crippen molar-refractivity contribution in [2.24, 2.45) is 5.92 Å². The van der Waals surface area contributed by atoms with Crippen molar-refractivity contribution in [2.75, 3.05) is 0 Å². The van der Waals surface area contributed by atoms with Gasteiger partial charge in [0, 0.05) is 12.0 Å². The molecule has 162 valence electrons. The maximum absolute atomic E-state index is 12.7. The van der Waals surface area contributed by atoms with Gasteiger partial charge < -0.3 is 4.74 Å². The fraction of sp³-hybridized carbons (Fsp3) is 0.250. The molecule has 2 heterocycles. The lowest BCUT2D eigenvalue weighted by Crippen LogP contribution is -2.19. The van der Waals surface area contributed by atoms with E-state index in [9.17, 15) is 9.59 Å². The first-order valence-corrected chi connectivity index (χ1v) is 11.0. The van der Waals surface area contributed by atoms with Crippen LogP contribution < -0.4 is 10.3 Å². The highest BCUT2D eigenvalue weighted by Crippen LogP contribution is 2.34. The van der Waals surface area contributed by atoms with Crippen LogP contribution in [0.4, 0.5) is 0 Å². The second-order valence-corrected chi connectivity index (χ2v) is 8.32. The van der Waals surface area contributed by atoms with E-state index in [1.54, 1.807) is 18.2 Å². The number of aromatic amines is 1. The fourth-order valence-corrected chi connectivity index (χ4v) is 3.79. The molecule has 32 heavy (non-hydrogen) atoms. The van der Waals surface area contributed by atoms with Crippen molar-refractivity contribution in [3.8, 4) is 17.1 Å². The van der Waals surface area contributed by atoms with Crippen LogP contribution >= 0.6 is 11.6 Å². The molecule has 2 aromatic carbocycles. The lowest BCUT2D eigenvalue weighted by molar-refractivity contribution is 0.0973. The third-order valence-electron chi connectivity index (χ3n) is 5.58. The molecule has 0 saturated heterocycles. The maximum atomic E-state index is 12.7. The van der Waals surface area contributed by atoms with E-state index in [1.165, 1.54) is 17.4 Å². The van der Waals surface area contributed by atoms with Crippen LogP contribution in [0.2, 0.25) is 5.02 Å². The standard InChI is InChI=1S/C24H21ClN4O3/c25-21-18(14-32-20-9-5-4-8-17(20)19(30)13-12-15-10-11-15)26-24-27-22(28-29(24)23(21)31)16-6-2-1-3-7-16/h1-9,15H,10-14H2,(H,26,27,28). The molecule has 1 aliphatic carbocycles. The summed E-state index contributed by atoms with van der Waals surface area (Å²) in [5, 5.41) is 2.88. The topological polar surface area (TPSA) is 89.3 Å². The summed E-state index contributed by atoms with van der Waals surface area (Å²) >= 11 is 6.30. The number of carbonyl (C=O) groups excluding carboxylic acids is 1. The van der Waals surface area contributed by atoms with Crippen LogP contribution in [-0.4, -0.2) is 25.4 Å². The SMILES string of the molecule is O=C(CCC1CC1)c1ccccc1OCc1nc2nc(-c3ccccc3)[nH]n2c(=O)c1Cl. The van der Waals surface area contributed by atoms with Crippen molar-refractivity contribution in [3.05, 3.63) is 81.2 Å². The Morgan fingerprint density at radius 1 is 1.09 bits per heavy atom. The highest BCUT2D eigenvalue weighted by Gasteiger charge is 2.23. The number of para-hydroxylation sites is 1. The number of halogens is 1. The third kappa shape index (κ3) is 4.16. The monoisotopic (exact) mass is 448 g/mol. The van der Waals surface area contributed by atoms with E-state index in [-0.39, 0.29) is 28.9 Å². The van der Waals surface area contributed by atoms with Crippen LogP contribution in [0.5, 0.6) is 5.75 Å². The minimum absolute atomic E-state index is 0.0506. The number of Topliss-reactive ketones (excluding diaryl/α,β-unsaturated/α-hetero) is 1. The summed E-state index contributed by atoms with van der Waals surface area (Å²) < 4.78 is 7.10. The van der Waals surface area contributed by atoms with Gasteiger partial charge in [0.2, 0.25) is 0 Å². The fourth-order valence-electron chi connectivity index (χ4n) is 3.61. The van der Waals surface area contributed by atoms with Gasteiger partial charge in [-0.25, -0.2) is 4.98 Å². The molecule has 4 aromatic rings. The van der Waals surface area contributed by atoms with Crippen LogP contribution in [-0.2, 0) is 6.61 Å². The molecule has 0 spiro atoms. The first-order valence-electron chi connectivity index (χ1n) is 10.6. The van der Waals surface area contributed by atoms with Gasteiger partial charge in [-0.05, 0) is 24.5 Å². The summed E-state index contributed by atoms with van der Waals surface area (Å²) in [4.78, 5) is 34.2.